The summed E-state index contributed by atoms with van der Waals surface area (Å²) in [4.78, 5) is 80.4. The average molecular weight is 1100 g/mol. The number of aromatic nitrogens is 3. The van der Waals surface area contributed by atoms with Crippen molar-refractivity contribution in [3.8, 4) is 29.1 Å². The van der Waals surface area contributed by atoms with Crippen LogP contribution in [-0.4, -0.2) is 98.7 Å². The number of methoxy groups -OCH3 is 2. The first-order valence-electron chi connectivity index (χ1n) is 26.6. The molecule has 12 rings (SSSR count). The maximum Gasteiger partial charge on any atom is 0.421 e. The zero-order valence-corrected chi connectivity index (χ0v) is 44.5. The van der Waals surface area contributed by atoms with Crippen molar-refractivity contribution in [1.29, 1.82) is 0 Å². The molecule has 19 nitrogen and oxygen atoms in total. The molecule has 4 aliphatic rings. The molecule has 4 aliphatic heterocycles. The number of anilines is 1. The van der Waals surface area contributed by atoms with Crippen LogP contribution < -0.4 is 19.1 Å². The van der Waals surface area contributed by atoms with E-state index in [0.29, 0.717) is 57.0 Å². The first-order valence-corrected chi connectivity index (χ1v) is 26.6. The van der Waals surface area contributed by atoms with Gasteiger partial charge in [-0.2, -0.15) is 0 Å². The summed E-state index contributed by atoms with van der Waals surface area (Å²) in [5.74, 6) is 3.94. The summed E-state index contributed by atoms with van der Waals surface area (Å²) in [5, 5.41) is 30.1. The third kappa shape index (κ3) is 9.17. The Balaban J connectivity index is 1.10. The van der Waals surface area contributed by atoms with E-state index in [-0.39, 0.29) is 49.8 Å². The van der Waals surface area contributed by atoms with Crippen LogP contribution in [0.2, 0.25) is 0 Å². The van der Waals surface area contributed by atoms with Crippen LogP contribution in [0.25, 0.3) is 11.0 Å². The number of nitrogens with zero attached hydrogens (tertiary/aromatic N) is 7. The summed E-state index contributed by atoms with van der Waals surface area (Å²) < 4.78 is 31.9. The standard InChI is InChI=1S/C63H53N7O12/c1-78-52-35-43-28-30-66(37-45(43)36-53(52)79-2)59(72)54-56-60(73)82-57(42-16-7-4-8-17-42)55(41-14-5-3-6-15-41)69(56)58(44-18-11-19-47(34-44)80-32-31-71)63(54)48-33-39(13-12-29-67-51-21-10-9-20-49(51)64-65-67)24-27-50(48)68(61(63)74)62(75)81-38-40-22-25-46(26-23-40)70(76)77/h3-11,14-27,33-36,54-58,71H,28-32,37-38H2,1-2H3/t54-,55-,56-,57+,58+,63-/m1/s1. The van der Waals surface area contributed by atoms with E-state index in [2.05, 4.69) is 22.2 Å². The molecule has 1 aromatic heterocycles. The lowest BCUT2D eigenvalue weighted by Crippen LogP contribution is -2.57. The number of carbonyl (C=O) groups excluding carboxylic acids is 4. The zero-order valence-electron chi connectivity index (χ0n) is 44.5. The first kappa shape index (κ1) is 52.8. The minimum atomic E-state index is -2.19. The highest BCUT2D eigenvalue weighted by atomic mass is 16.6. The van der Waals surface area contributed by atoms with Gasteiger partial charge in [-0.1, -0.05) is 102 Å². The molecular weight excluding hydrogens is 1050 g/mol. The number of aliphatic hydroxyl groups is 1. The van der Waals surface area contributed by atoms with E-state index in [0.717, 1.165) is 21.5 Å². The molecule has 7 aromatic carbocycles. The molecule has 82 heavy (non-hydrogen) atoms. The van der Waals surface area contributed by atoms with Gasteiger partial charge in [-0.15, -0.1) is 5.10 Å². The maximum atomic E-state index is 17.1. The third-order valence-electron chi connectivity index (χ3n) is 15.9. The number of carbonyl (C=O) groups is 4. The van der Waals surface area contributed by atoms with Gasteiger partial charge in [0.2, 0.25) is 11.8 Å². The van der Waals surface area contributed by atoms with Gasteiger partial charge < -0.3 is 33.7 Å². The van der Waals surface area contributed by atoms with Crippen molar-refractivity contribution in [2.24, 2.45) is 5.92 Å². The highest BCUT2D eigenvalue weighted by molar-refractivity contribution is 6.23. The molecule has 2 saturated heterocycles. The molecule has 5 heterocycles. The van der Waals surface area contributed by atoms with E-state index in [1.807, 2.05) is 102 Å². The molecule has 8 aromatic rings. The Morgan fingerprint density at radius 1 is 0.805 bits per heavy atom. The summed E-state index contributed by atoms with van der Waals surface area (Å²) in [6, 6.07) is 43.7. The Morgan fingerprint density at radius 3 is 2.24 bits per heavy atom. The predicted octanol–water partition coefficient (Wildman–Crippen LogP) is 8.37. The molecule has 2 fully saturated rings. The Kier molecular flexibility index (Phi) is 14.1. The van der Waals surface area contributed by atoms with E-state index < -0.39 is 71.0 Å². The number of non-ortho nitro benzene ring substituents is 1. The van der Waals surface area contributed by atoms with E-state index in [1.54, 1.807) is 59.2 Å². The Labute approximate surface area is 470 Å². The number of imide groups is 1. The normalized spacial score (nSPS) is 20.7. The number of aliphatic hydroxyl groups excluding tert-OH is 1. The fraction of sp³-hybridized carbons (Fsp3) is 0.238. The number of amides is 3. The summed E-state index contributed by atoms with van der Waals surface area (Å²) in [6.07, 6.45) is -1.73. The predicted molar refractivity (Wildman–Crippen MR) is 297 cm³/mol. The first-order chi connectivity index (χ1) is 40.0. The van der Waals surface area contributed by atoms with Crippen molar-refractivity contribution in [1.82, 2.24) is 24.8 Å². The molecule has 412 valence electrons. The summed E-state index contributed by atoms with van der Waals surface area (Å²) in [6.45, 7) is -0.419. The van der Waals surface area contributed by atoms with Crippen LogP contribution >= 0.6 is 0 Å². The van der Waals surface area contributed by atoms with Crippen molar-refractivity contribution in [3.05, 3.63) is 218 Å². The molecule has 0 aliphatic carbocycles. The molecular formula is C63H53N7O12. The lowest BCUT2D eigenvalue weighted by Gasteiger charge is -2.46. The van der Waals surface area contributed by atoms with Crippen LogP contribution in [0.1, 0.15) is 62.7 Å². The van der Waals surface area contributed by atoms with Crippen LogP contribution in [0.4, 0.5) is 16.2 Å². The van der Waals surface area contributed by atoms with Gasteiger partial charge >= 0.3 is 12.1 Å². The second-order valence-electron chi connectivity index (χ2n) is 20.3. The highest BCUT2D eigenvalue weighted by Crippen LogP contribution is 2.66. The Morgan fingerprint density at radius 2 is 1.51 bits per heavy atom. The largest absolute Gasteiger partial charge is 0.493 e. The van der Waals surface area contributed by atoms with Gasteiger partial charge in [0.1, 0.15) is 48.6 Å². The molecule has 0 bridgehead atoms. The van der Waals surface area contributed by atoms with Crippen LogP contribution in [-0.2, 0) is 55.4 Å². The average Bonchev–Trinajstić information content (AvgIpc) is 1.75. The highest BCUT2D eigenvalue weighted by Gasteiger charge is 2.76. The third-order valence-corrected chi connectivity index (χ3v) is 15.9. The van der Waals surface area contributed by atoms with Crippen molar-refractivity contribution in [2.45, 2.75) is 55.8 Å². The van der Waals surface area contributed by atoms with Gasteiger partial charge in [-0.25, -0.2) is 14.4 Å². The zero-order chi connectivity index (χ0) is 56.6. The molecule has 3 amide bonds. The number of cyclic esters (lactones) is 1. The lowest BCUT2D eigenvalue weighted by molar-refractivity contribution is -0.384. The topological polar surface area (TPSA) is 218 Å². The fourth-order valence-electron chi connectivity index (χ4n) is 12.3. The molecule has 6 atom stereocenters. The van der Waals surface area contributed by atoms with Crippen molar-refractivity contribution in [2.75, 3.05) is 38.9 Å². The van der Waals surface area contributed by atoms with Gasteiger partial charge in [0.05, 0.1) is 55.0 Å². The Hall–Kier alpha value is -9.90. The van der Waals surface area contributed by atoms with Crippen LogP contribution in [0.5, 0.6) is 17.2 Å². The van der Waals surface area contributed by atoms with Crippen molar-refractivity contribution < 1.29 is 52.9 Å². The molecule has 0 radical (unpaired) electrons. The van der Waals surface area contributed by atoms with E-state index in [4.69, 9.17) is 23.7 Å². The minimum Gasteiger partial charge on any atom is -0.493 e. The van der Waals surface area contributed by atoms with Crippen LogP contribution in [0, 0.1) is 27.9 Å². The number of rotatable bonds is 13. The van der Waals surface area contributed by atoms with Gasteiger partial charge in [-0.05, 0) is 112 Å². The molecule has 19 heteroatoms. The van der Waals surface area contributed by atoms with E-state index in [1.165, 1.54) is 31.4 Å². The number of para-hydroxylation sites is 1. The SMILES string of the molecule is COc1cc2c(cc1OC)CN(C(=O)[C@H]1[C@@H]3C(=O)O[C@@H](c4ccccc4)[C@@H](c4ccccc4)N3[C@@H](c3cccc(OCCO)c3)[C@]13C(=O)N(C(=O)OCc1ccc([N+](=O)[O-])cc1)c1ccc(C#CCn4nnc5ccccc54)cc13)CC2. The van der Waals surface area contributed by atoms with Crippen molar-refractivity contribution >= 4 is 46.3 Å². The number of hydrogen-bond donors (Lipinski definition) is 1. The summed E-state index contributed by atoms with van der Waals surface area (Å²) in [5.41, 5.74) is 3.65. The number of fused-ring (bicyclic) bond motifs is 5. The second kappa shape index (κ2) is 22.0. The lowest BCUT2D eigenvalue weighted by atomic mass is 9.64. The number of nitro benzene ring substituents is 1. The molecule has 0 saturated carbocycles. The molecule has 1 spiro atoms. The van der Waals surface area contributed by atoms with Gasteiger partial charge in [0, 0.05) is 30.8 Å². The monoisotopic (exact) mass is 1100 g/mol. The minimum absolute atomic E-state index is 0.0529. The number of hydrogen-bond acceptors (Lipinski definition) is 15. The van der Waals surface area contributed by atoms with Gasteiger partial charge in [-0.3, -0.25) is 29.4 Å². The fourth-order valence-corrected chi connectivity index (χ4v) is 12.3. The number of ether oxygens (including phenoxy) is 5. The maximum absolute atomic E-state index is 17.1. The summed E-state index contributed by atoms with van der Waals surface area (Å²) in [7, 11) is 3.08. The van der Waals surface area contributed by atoms with E-state index in [9.17, 15) is 15.2 Å². The number of esters is 1. The second-order valence-corrected chi connectivity index (χ2v) is 20.3. The number of morpholine rings is 1. The number of nitro groups is 1. The smallest absolute Gasteiger partial charge is 0.421 e. The van der Waals surface area contributed by atoms with Gasteiger partial charge in [0.25, 0.3) is 5.69 Å². The quantitative estimate of drug-likeness (QED) is 0.0496. The Bertz CT molecular complexity index is 3870. The molecule has 0 unspecified atom stereocenters. The number of benzene rings is 7. The van der Waals surface area contributed by atoms with Crippen LogP contribution in [0.3, 0.4) is 0 Å². The molecule has 1 N–H and O–H groups in total. The van der Waals surface area contributed by atoms with Crippen molar-refractivity contribution in [3.63, 3.8) is 0 Å². The van der Waals surface area contributed by atoms with E-state index >= 15 is 19.2 Å². The van der Waals surface area contributed by atoms with Crippen LogP contribution in [0.15, 0.2) is 164 Å². The summed E-state index contributed by atoms with van der Waals surface area (Å²) >= 11 is 0. The van der Waals surface area contributed by atoms with Gasteiger partial charge in [0.15, 0.2) is 11.5 Å².